The topological polar surface area (TPSA) is 65.7 Å². The Morgan fingerprint density at radius 3 is 2.26 bits per heavy atom. The van der Waals surface area contributed by atoms with Gasteiger partial charge >= 0.3 is 5.97 Å². The van der Waals surface area contributed by atoms with Gasteiger partial charge in [0, 0.05) is 28.6 Å². The number of esters is 1. The van der Waals surface area contributed by atoms with Crippen LogP contribution in [0.5, 0.6) is 5.75 Å². The van der Waals surface area contributed by atoms with Gasteiger partial charge in [0.15, 0.2) is 0 Å². The molecule has 0 amide bonds. The van der Waals surface area contributed by atoms with Crippen molar-refractivity contribution in [3.8, 4) is 28.2 Å². The second kappa shape index (κ2) is 10.3. The number of hydrogen-bond acceptors (Lipinski definition) is 5. The number of benzene rings is 3. The maximum atomic E-state index is 13.0. The van der Waals surface area contributed by atoms with Gasteiger partial charge in [0.05, 0.1) is 25.7 Å². The van der Waals surface area contributed by atoms with Crippen molar-refractivity contribution in [2.75, 3.05) is 13.2 Å². The molecule has 4 rings (SSSR count). The van der Waals surface area contributed by atoms with Gasteiger partial charge in [-0.15, -0.1) is 0 Å². The van der Waals surface area contributed by atoms with Crippen molar-refractivity contribution < 1.29 is 18.7 Å². The van der Waals surface area contributed by atoms with Gasteiger partial charge in [0.1, 0.15) is 30.3 Å². The standard InChI is InChI=1S/C26H16Cl4O5/c1-3-5-33-24-12-23-16(10-20(24)30)25(15-9-19(29)21(31)11-22(15)35-23)13-7-17(27)18(28)8-14(13)26(32)34-6-4-2/h3-4,7-12H,1-2,5-6H2. The summed E-state index contributed by atoms with van der Waals surface area (Å²) in [6.45, 7) is 7.41. The number of hydrogen-bond donors (Lipinski definition) is 0. The molecule has 35 heavy (non-hydrogen) atoms. The molecule has 0 N–H and O–H groups in total. The number of ether oxygens (including phenoxy) is 2. The first-order chi connectivity index (χ1) is 16.7. The van der Waals surface area contributed by atoms with Crippen LogP contribution in [0.2, 0.25) is 20.1 Å². The summed E-state index contributed by atoms with van der Waals surface area (Å²) in [5.74, 6) is -0.0660. The summed E-state index contributed by atoms with van der Waals surface area (Å²) in [6.07, 6.45) is 3.02. The average Bonchev–Trinajstić information content (AvgIpc) is 2.82. The highest BCUT2D eigenvalue weighted by atomic mass is 35.5. The van der Waals surface area contributed by atoms with E-state index in [0.29, 0.717) is 33.4 Å². The zero-order valence-electron chi connectivity index (χ0n) is 18.0. The lowest BCUT2D eigenvalue weighted by Crippen LogP contribution is -2.08. The third-order valence-corrected chi connectivity index (χ3v) is 6.38. The van der Waals surface area contributed by atoms with Crippen LogP contribution < -0.4 is 10.2 Å². The summed E-state index contributed by atoms with van der Waals surface area (Å²) in [5.41, 5.74) is 1.38. The fourth-order valence-corrected chi connectivity index (χ4v) is 4.29. The zero-order chi connectivity index (χ0) is 25.3. The van der Waals surface area contributed by atoms with Gasteiger partial charge in [0.25, 0.3) is 0 Å². The Balaban J connectivity index is 2.14. The highest BCUT2D eigenvalue weighted by Gasteiger charge is 2.25. The number of carbonyl (C=O) groups excluding carboxylic acids is 1. The zero-order valence-corrected chi connectivity index (χ0v) is 21.0. The number of carbonyl (C=O) groups is 1. The fraction of sp³-hybridized carbons (Fsp3) is 0.0769. The first-order valence-electron chi connectivity index (χ1n) is 10.2. The van der Waals surface area contributed by atoms with Gasteiger partial charge in [-0.25, -0.2) is 4.79 Å². The molecule has 0 saturated heterocycles. The molecule has 0 radical (unpaired) electrons. The van der Waals surface area contributed by atoms with Crippen molar-refractivity contribution in [1.29, 1.82) is 0 Å². The van der Waals surface area contributed by atoms with Crippen LogP contribution in [0.1, 0.15) is 10.4 Å². The van der Waals surface area contributed by atoms with E-state index in [4.69, 9.17) is 60.3 Å². The molecule has 0 fully saturated rings. The quantitative estimate of drug-likeness (QED) is 0.132. The Kier molecular flexibility index (Phi) is 7.43. The molecule has 0 bridgehead atoms. The first kappa shape index (κ1) is 25.1. The normalized spacial score (nSPS) is 11.0. The highest BCUT2D eigenvalue weighted by molar-refractivity contribution is 6.42. The predicted octanol–water partition coefficient (Wildman–Crippen LogP) is 8.09. The predicted molar refractivity (Wildman–Crippen MR) is 141 cm³/mol. The van der Waals surface area contributed by atoms with Crippen LogP contribution in [0.3, 0.4) is 0 Å². The smallest absolute Gasteiger partial charge is 0.339 e. The average molecular weight is 550 g/mol. The molecule has 2 aromatic rings. The minimum atomic E-state index is -0.649. The lowest BCUT2D eigenvalue weighted by atomic mass is 9.90. The summed E-state index contributed by atoms with van der Waals surface area (Å²) in [6, 6.07) is 8.92. The van der Waals surface area contributed by atoms with Gasteiger partial charge in [-0.3, -0.25) is 4.79 Å². The van der Waals surface area contributed by atoms with Crippen molar-refractivity contribution in [3.05, 3.63) is 97.6 Å². The van der Waals surface area contributed by atoms with Crippen LogP contribution in [-0.4, -0.2) is 19.2 Å². The molecule has 1 heterocycles. The lowest BCUT2D eigenvalue weighted by molar-refractivity contribution is 0.0550. The molecule has 9 heteroatoms. The summed E-state index contributed by atoms with van der Waals surface area (Å²) in [4.78, 5) is 25.3. The van der Waals surface area contributed by atoms with Gasteiger partial charge in [0.2, 0.25) is 5.43 Å². The third-order valence-electron chi connectivity index (χ3n) is 5.07. The third kappa shape index (κ3) is 4.91. The Hall–Kier alpha value is -2.96. The van der Waals surface area contributed by atoms with E-state index in [1.807, 2.05) is 0 Å². The Morgan fingerprint density at radius 1 is 0.857 bits per heavy atom. The van der Waals surface area contributed by atoms with Crippen LogP contribution in [0, 0.1) is 0 Å². The molecule has 2 aromatic carbocycles. The van der Waals surface area contributed by atoms with E-state index in [9.17, 15) is 9.59 Å². The number of rotatable bonds is 7. The maximum absolute atomic E-state index is 13.0. The highest BCUT2D eigenvalue weighted by Crippen LogP contribution is 2.46. The van der Waals surface area contributed by atoms with E-state index < -0.39 is 11.4 Å². The van der Waals surface area contributed by atoms with Crippen molar-refractivity contribution in [1.82, 2.24) is 0 Å². The second-order valence-electron chi connectivity index (χ2n) is 7.33. The van der Waals surface area contributed by atoms with E-state index in [1.54, 1.807) is 18.2 Å². The molecule has 0 saturated carbocycles. The van der Waals surface area contributed by atoms with E-state index >= 15 is 0 Å². The summed E-state index contributed by atoms with van der Waals surface area (Å²) in [7, 11) is 0. The van der Waals surface area contributed by atoms with Crippen molar-refractivity contribution in [2.45, 2.75) is 0 Å². The maximum Gasteiger partial charge on any atom is 0.339 e. The van der Waals surface area contributed by atoms with Crippen LogP contribution in [0.25, 0.3) is 33.4 Å². The molecule has 0 unspecified atom stereocenters. The number of halogens is 4. The Labute approximate surface area is 220 Å². The minimum absolute atomic E-state index is 0.00859. The van der Waals surface area contributed by atoms with Crippen molar-refractivity contribution in [2.24, 2.45) is 0 Å². The Morgan fingerprint density at radius 2 is 1.54 bits per heavy atom. The molecule has 1 aliphatic carbocycles. The Bertz CT molecular complexity index is 1520. The molecule has 0 aromatic heterocycles. The van der Waals surface area contributed by atoms with Crippen LogP contribution in [0.15, 0.2) is 70.9 Å². The molecular weight excluding hydrogens is 534 g/mol. The van der Waals surface area contributed by atoms with Crippen LogP contribution >= 0.6 is 46.4 Å². The molecule has 0 spiro atoms. The van der Waals surface area contributed by atoms with Crippen molar-refractivity contribution >= 4 is 63.3 Å². The molecule has 178 valence electrons. The lowest BCUT2D eigenvalue weighted by Gasteiger charge is -2.19. The molecular formula is C26H16Cl4O5. The van der Waals surface area contributed by atoms with E-state index in [-0.39, 0.29) is 44.6 Å². The van der Waals surface area contributed by atoms with Gasteiger partial charge in [-0.2, -0.15) is 0 Å². The van der Waals surface area contributed by atoms with Gasteiger partial charge in [-0.1, -0.05) is 71.7 Å². The molecule has 0 atom stereocenters. The monoisotopic (exact) mass is 548 g/mol. The van der Waals surface area contributed by atoms with Crippen LogP contribution in [-0.2, 0) is 4.74 Å². The van der Waals surface area contributed by atoms with Gasteiger partial charge < -0.3 is 13.9 Å². The number of fused-ring (bicyclic) bond motifs is 2. The summed E-state index contributed by atoms with van der Waals surface area (Å²) >= 11 is 25.3. The van der Waals surface area contributed by atoms with Crippen molar-refractivity contribution in [3.63, 3.8) is 0 Å². The summed E-state index contributed by atoms with van der Waals surface area (Å²) in [5, 5.41) is 1.14. The molecule has 5 nitrogen and oxygen atoms in total. The first-order valence-corrected chi connectivity index (χ1v) is 11.7. The van der Waals surface area contributed by atoms with E-state index in [0.717, 1.165) is 0 Å². The summed E-state index contributed by atoms with van der Waals surface area (Å²) < 4.78 is 16.9. The van der Waals surface area contributed by atoms with Crippen LogP contribution in [0.4, 0.5) is 0 Å². The minimum Gasteiger partial charge on any atom is -0.488 e. The van der Waals surface area contributed by atoms with Gasteiger partial charge in [-0.05, 0) is 29.8 Å². The fourth-order valence-electron chi connectivity index (χ4n) is 3.58. The van der Waals surface area contributed by atoms with E-state index in [2.05, 4.69) is 13.2 Å². The molecule has 2 aliphatic rings. The SMILES string of the molecule is C=CCOC(=O)c1cc(Cl)c(Cl)cc1-c1c2cc(Cl)c(=O)cc-2oc2cc(OCC=C)c(Cl)cc12. The van der Waals surface area contributed by atoms with E-state index in [1.165, 1.54) is 30.3 Å². The largest absolute Gasteiger partial charge is 0.488 e. The molecule has 1 aliphatic heterocycles. The second-order valence-corrected chi connectivity index (χ2v) is 8.96.